The smallest absolute Gasteiger partial charge is 0.339 e. The van der Waals surface area contributed by atoms with Crippen LogP contribution in [0, 0.1) is 11.6 Å². The van der Waals surface area contributed by atoms with Gasteiger partial charge >= 0.3 is 5.97 Å². The Hall–Kier alpha value is -2.67. The number of esters is 1. The van der Waals surface area contributed by atoms with E-state index in [2.05, 4.69) is 5.16 Å². The molecule has 1 aromatic heterocycles. The predicted octanol–water partition coefficient (Wildman–Crippen LogP) is 5.09. The topological polar surface area (TPSA) is 52.3 Å². The molecule has 26 heavy (non-hydrogen) atoms. The van der Waals surface area contributed by atoms with Gasteiger partial charge in [-0.2, -0.15) is 0 Å². The second kappa shape index (κ2) is 8.14. The molecule has 1 heterocycles. The number of rotatable bonds is 6. The number of halogens is 2. The number of aromatic nitrogens is 1. The molecule has 0 fully saturated rings. The number of thioether (sulfide) groups is 1. The summed E-state index contributed by atoms with van der Waals surface area (Å²) in [5.74, 6) is -0.937. The lowest BCUT2D eigenvalue weighted by atomic mass is 10.1. The number of nitrogens with zero attached hydrogens (tertiary/aromatic N) is 1. The molecule has 3 aromatic rings. The van der Waals surface area contributed by atoms with E-state index in [0.717, 1.165) is 22.8 Å². The first-order valence-electron chi connectivity index (χ1n) is 7.88. The van der Waals surface area contributed by atoms with Gasteiger partial charge in [0.05, 0.1) is 11.1 Å². The van der Waals surface area contributed by atoms with Crippen LogP contribution in [0.5, 0.6) is 0 Å². The molecule has 0 spiro atoms. The monoisotopic (exact) mass is 375 g/mol. The Bertz CT molecular complexity index is 927. The Kier molecular flexibility index (Phi) is 5.68. The molecule has 0 unspecified atom stereocenters. The summed E-state index contributed by atoms with van der Waals surface area (Å²) in [5.41, 5.74) is 0.895. The van der Waals surface area contributed by atoms with Crippen molar-refractivity contribution in [3.05, 3.63) is 71.4 Å². The molecule has 3 rings (SSSR count). The van der Waals surface area contributed by atoms with Crippen LogP contribution in [0.15, 0.2) is 57.9 Å². The molecule has 2 aromatic carbocycles. The summed E-state index contributed by atoms with van der Waals surface area (Å²) in [6, 6.07) is 11.8. The van der Waals surface area contributed by atoms with Crippen molar-refractivity contribution in [3.8, 4) is 11.3 Å². The Morgan fingerprint density at radius 1 is 1.19 bits per heavy atom. The lowest BCUT2D eigenvalue weighted by Crippen LogP contribution is -2.06. The van der Waals surface area contributed by atoms with Gasteiger partial charge in [0, 0.05) is 17.0 Å². The van der Waals surface area contributed by atoms with Crippen LogP contribution in [0.25, 0.3) is 11.3 Å². The summed E-state index contributed by atoms with van der Waals surface area (Å²) in [6.07, 6.45) is 0. The largest absolute Gasteiger partial charge is 0.455 e. The molecule has 0 bridgehead atoms. The molecule has 0 aliphatic heterocycles. The van der Waals surface area contributed by atoms with E-state index in [4.69, 9.17) is 9.26 Å². The van der Waals surface area contributed by atoms with Crippen molar-refractivity contribution in [3.63, 3.8) is 0 Å². The number of hydrogen-bond acceptors (Lipinski definition) is 5. The number of carbonyl (C=O) groups is 1. The molecule has 7 heteroatoms. The number of ether oxygens (including phenoxy) is 1. The summed E-state index contributed by atoms with van der Waals surface area (Å²) in [4.78, 5) is 13.1. The summed E-state index contributed by atoms with van der Waals surface area (Å²) in [6.45, 7) is 1.88. The van der Waals surface area contributed by atoms with E-state index in [-0.39, 0.29) is 17.9 Å². The lowest BCUT2D eigenvalue weighted by molar-refractivity contribution is 0.0460. The Labute approximate surface area is 153 Å². The van der Waals surface area contributed by atoms with Crippen LogP contribution in [0.4, 0.5) is 8.78 Å². The highest BCUT2D eigenvalue weighted by atomic mass is 32.2. The average Bonchev–Trinajstić information content (AvgIpc) is 3.09. The summed E-state index contributed by atoms with van der Waals surface area (Å²) >= 11 is 1.55. The van der Waals surface area contributed by atoms with Crippen molar-refractivity contribution in [1.29, 1.82) is 0 Å². The van der Waals surface area contributed by atoms with Crippen LogP contribution < -0.4 is 0 Å². The van der Waals surface area contributed by atoms with Crippen molar-refractivity contribution in [2.75, 3.05) is 5.75 Å². The highest BCUT2D eigenvalue weighted by molar-refractivity contribution is 7.99. The Morgan fingerprint density at radius 3 is 2.77 bits per heavy atom. The number of carbonyl (C=O) groups excluding carboxylic acids is 1. The second-order valence-corrected chi connectivity index (χ2v) is 6.62. The molecule has 0 aliphatic rings. The molecule has 0 radical (unpaired) electrons. The summed E-state index contributed by atoms with van der Waals surface area (Å²) in [7, 11) is 0. The molecular weight excluding hydrogens is 360 g/mol. The van der Waals surface area contributed by atoms with Crippen LogP contribution in [0.2, 0.25) is 0 Å². The maximum Gasteiger partial charge on any atom is 0.339 e. The third-order valence-electron chi connectivity index (χ3n) is 3.51. The van der Waals surface area contributed by atoms with Gasteiger partial charge in [-0.15, -0.1) is 11.8 Å². The number of hydrogen-bond donors (Lipinski definition) is 0. The van der Waals surface area contributed by atoms with Crippen LogP contribution in [0.1, 0.15) is 23.0 Å². The van der Waals surface area contributed by atoms with Gasteiger partial charge in [-0.1, -0.05) is 24.2 Å². The van der Waals surface area contributed by atoms with Gasteiger partial charge in [0.25, 0.3) is 0 Å². The van der Waals surface area contributed by atoms with E-state index < -0.39 is 17.6 Å². The summed E-state index contributed by atoms with van der Waals surface area (Å²) < 4.78 is 37.1. The SMILES string of the molecule is CCSc1ccccc1C(=O)OCc1cc(-c2ccc(F)cc2F)on1. The van der Waals surface area contributed by atoms with E-state index in [1.165, 1.54) is 12.1 Å². The quantitative estimate of drug-likeness (QED) is 0.444. The van der Waals surface area contributed by atoms with E-state index in [1.54, 1.807) is 23.9 Å². The molecule has 4 nitrogen and oxygen atoms in total. The Balaban J connectivity index is 1.69. The fourth-order valence-corrected chi connectivity index (χ4v) is 3.12. The lowest BCUT2D eigenvalue weighted by Gasteiger charge is -2.07. The van der Waals surface area contributed by atoms with E-state index in [1.807, 2.05) is 19.1 Å². The van der Waals surface area contributed by atoms with Crippen LogP contribution >= 0.6 is 11.8 Å². The third kappa shape index (κ3) is 4.11. The molecular formula is C19H15F2NO3S. The second-order valence-electron chi connectivity index (χ2n) is 5.31. The zero-order valence-electron chi connectivity index (χ0n) is 13.9. The van der Waals surface area contributed by atoms with Gasteiger partial charge in [0.2, 0.25) is 0 Å². The molecule has 0 saturated carbocycles. The molecule has 134 valence electrons. The van der Waals surface area contributed by atoms with Gasteiger partial charge in [-0.25, -0.2) is 13.6 Å². The van der Waals surface area contributed by atoms with Crippen LogP contribution in [-0.4, -0.2) is 16.9 Å². The normalized spacial score (nSPS) is 10.7. The molecule has 0 aliphatic carbocycles. The van der Waals surface area contributed by atoms with E-state index in [9.17, 15) is 13.6 Å². The zero-order valence-corrected chi connectivity index (χ0v) is 14.7. The van der Waals surface area contributed by atoms with Crippen LogP contribution in [-0.2, 0) is 11.3 Å². The first-order chi connectivity index (χ1) is 12.6. The van der Waals surface area contributed by atoms with Crippen molar-refractivity contribution >= 4 is 17.7 Å². The minimum absolute atomic E-state index is 0.0844. The number of benzene rings is 2. The highest BCUT2D eigenvalue weighted by Gasteiger charge is 2.16. The van der Waals surface area contributed by atoms with Gasteiger partial charge in [-0.05, 0) is 30.0 Å². The molecule has 0 saturated heterocycles. The van der Waals surface area contributed by atoms with Crippen molar-refractivity contribution in [2.45, 2.75) is 18.4 Å². The van der Waals surface area contributed by atoms with Gasteiger partial charge in [0.1, 0.15) is 23.9 Å². The fraction of sp³-hybridized carbons (Fsp3) is 0.158. The minimum atomic E-state index is -0.754. The fourth-order valence-electron chi connectivity index (χ4n) is 2.33. The highest BCUT2D eigenvalue weighted by Crippen LogP contribution is 2.25. The van der Waals surface area contributed by atoms with Gasteiger partial charge in [0.15, 0.2) is 5.76 Å². The maximum absolute atomic E-state index is 13.8. The molecule has 0 amide bonds. The van der Waals surface area contributed by atoms with Gasteiger partial charge in [-0.3, -0.25) is 0 Å². The first-order valence-corrected chi connectivity index (χ1v) is 8.87. The average molecular weight is 375 g/mol. The first kappa shape index (κ1) is 18.1. The van der Waals surface area contributed by atoms with Crippen molar-refractivity contribution < 1.29 is 22.8 Å². The van der Waals surface area contributed by atoms with Crippen LogP contribution in [0.3, 0.4) is 0 Å². The third-order valence-corrected chi connectivity index (χ3v) is 4.47. The Morgan fingerprint density at radius 2 is 2.00 bits per heavy atom. The standard InChI is InChI=1S/C19H15F2NO3S/c1-2-26-18-6-4-3-5-15(18)19(23)24-11-13-10-17(25-22-13)14-8-7-12(20)9-16(14)21/h3-10H,2,11H2,1H3. The zero-order chi connectivity index (χ0) is 18.5. The van der Waals surface area contributed by atoms with Crippen molar-refractivity contribution in [1.82, 2.24) is 5.16 Å². The summed E-state index contributed by atoms with van der Waals surface area (Å²) in [5, 5.41) is 3.76. The maximum atomic E-state index is 13.8. The van der Waals surface area contributed by atoms with E-state index in [0.29, 0.717) is 11.3 Å². The molecule has 0 atom stereocenters. The van der Waals surface area contributed by atoms with E-state index >= 15 is 0 Å². The van der Waals surface area contributed by atoms with Crippen molar-refractivity contribution in [2.24, 2.45) is 0 Å². The minimum Gasteiger partial charge on any atom is -0.455 e. The molecule has 0 N–H and O–H groups in total. The van der Waals surface area contributed by atoms with Gasteiger partial charge < -0.3 is 9.26 Å². The predicted molar refractivity (Wildman–Crippen MR) is 93.8 cm³/mol.